The lowest BCUT2D eigenvalue weighted by atomic mass is 10.0. The largest absolute Gasteiger partial charge is 0.0784 e. The van der Waals surface area contributed by atoms with Gasteiger partial charge in [0.05, 0.1) is 0 Å². The smallest absolute Gasteiger partial charge is 0.0230 e. The first-order valence-corrected chi connectivity index (χ1v) is 4.44. The maximum absolute atomic E-state index is 2.29. The van der Waals surface area contributed by atoms with Crippen molar-refractivity contribution in [2.45, 2.75) is 20.8 Å². The van der Waals surface area contributed by atoms with Gasteiger partial charge in [0.1, 0.15) is 0 Å². The minimum Gasteiger partial charge on any atom is -0.0784 e. The summed E-state index contributed by atoms with van der Waals surface area (Å²) in [5.41, 5.74) is 2.69. The first-order chi connectivity index (χ1) is 5.70. The zero-order valence-corrected chi connectivity index (χ0v) is 8.04. The summed E-state index contributed by atoms with van der Waals surface area (Å²) < 4.78 is 0. The standard InChI is InChI=1S/C12H16/c1-10(2)9-11(3)12-7-5-4-6-8-12/h4-10H,1-3H3/b11-9+. The molecule has 0 saturated carbocycles. The van der Waals surface area contributed by atoms with E-state index in [4.69, 9.17) is 0 Å². The Hall–Kier alpha value is -1.04. The average molecular weight is 160 g/mol. The van der Waals surface area contributed by atoms with E-state index in [-0.39, 0.29) is 0 Å². The lowest BCUT2D eigenvalue weighted by Gasteiger charge is -2.02. The molecule has 0 aromatic heterocycles. The summed E-state index contributed by atoms with van der Waals surface area (Å²) in [6.07, 6.45) is 2.29. The summed E-state index contributed by atoms with van der Waals surface area (Å²) in [6, 6.07) is 10.5. The minimum atomic E-state index is 0.630. The van der Waals surface area contributed by atoms with Gasteiger partial charge in [0, 0.05) is 0 Å². The average Bonchev–Trinajstić information content (AvgIpc) is 2.05. The van der Waals surface area contributed by atoms with Gasteiger partial charge in [-0.1, -0.05) is 50.3 Å². The molecule has 0 fully saturated rings. The van der Waals surface area contributed by atoms with Crippen molar-refractivity contribution in [3.63, 3.8) is 0 Å². The third-order valence-corrected chi connectivity index (χ3v) is 1.81. The molecule has 0 atom stereocenters. The fraction of sp³-hybridized carbons (Fsp3) is 0.333. The predicted molar refractivity (Wildman–Crippen MR) is 54.9 cm³/mol. The highest BCUT2D eigenvalue weighted by atomic mass is 14.0. The summed E-state index contributed by atoms with van der Waals surface area (Å²) in [6.45, 7) is 6.56. The molecule has 0 N–H and O–H groups in total. The molecule has 0 bridgehead atoms. The van der Waals surface area contributed by atoms with Gasteiger partial charge in [0.15, 0.2) is 0 Å². The van der Waals surface area contributed by atoms with Crippen molar-refractivity contribution < 1.29 is 0 Å². The van der Waals surface area contributed by atoms with Crippen LogP contribution in [-0.2, 0) is 0 Å². The monoisotopic (exact) mass is 160 g/mol. The van der Waals surface area contributed by atoms with E-state index in [9.17, 15) is 0 Å². The molecular weight excluding hydrogens is 144 g/mol. The van der Waals surface area contributed by atoms with E-state index in [1.807, 2.05) is 6.07 Å². The second-order valence-electron chi connectivity index (χ2n) is 3.46. The molecule has 64 valence electrons. The number of allylic oxidation sites excluding steroid dienone is 2. The van der Waals surface area contributed by atoms with Crippen LogP contribution < -0.4 is 0 Å². The first-order valence-electron chi connectivity index (χ1n) is 4.44. The Morgan fingerprint density at radius 2 is 1.75 bits per heavy atom. The van der Waals surface area contributed by atoms with Crippen LogP contribution in [0.2, 0.25) is 0 Å². The minimum absolute atomic E-state index is 0.630. The Bertz CT molecular complexity index is 255. The van der Waals surface area contributed by atoms with Gasteiger partial charge in [0.2, 0.25) is 0 Å². The summed E-state index contributed by atoms with van der Waals surface area (Å²) in [7, 11) is 0. The van der Waals surface area contributed by atoms with Crippen LogP contribution in [-0.4, -0.2) is 0 Å². The van der Waals surface area contributed by atoms with Crippen molar-refractivity contribution in [1.82, 2.24) is 0 Å². The molecule has 0 spiro atoms. The molecule has 0 saturated heterocycles. The molecule has 12 heavy (non-hydrogen) atoms. The molecule has 1 aromatic carbocycles. The van der Waals surface area contributed by atoms with Gasteiger partial charge in [-0.2, -0.15) is 0 Å². The maximum atomic E-state index is 2.29. The van der Waals surface area contributed by atoms with Gasteiger partial charge in [-0.25, -0.2) is 0 Å². The summed E-state index contributed by atoms with van der Waals surface area (Å²) >= 11 is 0. The quantitative estimate of drug-likeness (QED) is 0.618. The molecule has 0 heteroatoms. The van der Waals surface area contributed by atoms with Crippen LogP contribution >= 0.6 is 0 Å². The van der Waals surface area contributed by atoms with Gasteiger partial charge in [-0.3, -0.25) is 0 Å². The van der Waals surface area contributed by atoms with Crippen LogP contribution in [0.3, 0.4) is 0 Å². The number of benzene rings is 1. The van der Waals surface area contributed by atoms with Crippen LogP contribution in [0.5, 0.6) is 0 Å². The normalized spacial score (nSPS) is 12.2. The SMILES string of the molecule is C/C(=C\C(C)C)c1ccccc1. The molecule has 0 amide bonds. The highest BCUT2D eigenvalue weighted by molar-refractivity contribution is 5.63. The molecule has 0 aliphatic rings. The molecular formula is C12H16. The molecule has 0 unspecified atom stereocenters. The molecule has 0 nitrogen and oxygen atoms in total. The van der Waals surface area contributed by atoms with E-state index >= 15 is 0 Å². The first kappa shape index (κ1) is 9.05. The zero-order valence-electron chi connectivity index (χ0n) is 8.04. The second kappa shape index (κ2) is 4.10. The van der Waals surface area contributed by atoms with E-state index in [0.29, 0.717) is 5.92 Å². The van der Waals surface area contributed by atoms with Gasteiger partial charge in [-0.05, 0) is 24.0 Å². The maximum Gasteiger partial charge on any atom is -0.0230 e. The Morgan fingerprint density at radius 1 is 1.17 bits per heavy atom. The molecule has 1 aromatic rings. The van der Waals surface area contributed by atoms with Crippen LogP contribution in [0, 0.1) is 5.92 Å². The zero-order chi connectivity index (χ0) is 8.97. The number of hydrogen-bond acceptors (Lipinski definition) is 0. The van der Waals surface area contributed by atoms with Gasteiger partial charge >= 0.3 is 0 Å². The van der Waals surface area contributed by atoms with Gasteiger partial charge in [0.25, 0.3) is 0 Å². The van der Waals surface area contributed by atoms with E-state index in [2.05, 4.69) is 51.1 Å². The van der Waals surface area contributed by atoms with Crippen molar-refractivity contribution in [3.8, 4) is 0 Å². The summed E-state index contributed by atoms with van der Waals surface area (Å²) in [4.78, 5) is 0. The van der Waals surface area contributed by atoms with Gasteiger partial charge < -0.3 is 0 Å². The molecule has 0 heterocycles. The Morgan fingerprint density at radius 3 is 2.25 bits per heavy atom. The van der Waals surface area contributed by atoms with Crippen molar-refractivity contribution in [2.24, 2.45) is 5.92 Å². The third kappa shape index (κ3) is 2.54. The number of rotatable bonds is 2. The number of hydrogen-bond donors (Lipinski definition) is 0. The van der Waals surface area contributed by atoms with Crippen LogP contribution in [0.25, 0.3) is 5.57 Å². The van der Waals surface area contributed by atoms with Crippen LogP contribution in [0.15, 0.2) is 36.4 Å². The fourth-order valence-corrected chi connectivity index (χ4v) is 1.30. The summed E-state index contributed by atoms with van der Waals surface area (Å²) in [5, 5.41) is 0. The van der Waals surface area contributed by atoms with Gasteiger partial charge in [-0.15, -0.1) is 0 Å². The van der Waals surface area contributed by atoms with E-state index in [0.717, 1.165) is 0 Å². The van der Waals surface area contributed by atoms with Crippen molar-refractivity contribution in [2.75, 3.05) is 0 Å². The highest BCUT2D eigenvalue weighted by Gasteiger charge is 1.94. The Labute approximate surface area is 74.9 Å². The van der Waals surface area contributed by atoms with E-state index in [1.165, 1.54) is 11.1 Å². The third-order valence-electron chi connectivity index (χ3n) is 1.81. The van der Waals surface area contributed by atoms with Crippen LogP contribution in [0.4, 0.5) is 0 Å². The van der Waals surface area contributed by atoms with E-state index < -0.39 is 0 Å². The summed E-state index contributed by atoms with van der Waals surface area (Å²) in [5.74, 6) is 0.630. The van der Waals surface area contributed by atoms with Crippen LogP contribution in [0.1, 0.15) is 26.3 Å². The topological polar surface area (TPSA) is 0 Å². The molecule has 0 radical (unpaired) electrons. The molecule has 1 rings (SSSR count). The molecule has 0 aliphatic heterocycles. The second-order valence-corrected chi connectivity index (χ2v) is 3.46. The van der Waals surface area contributed by atoms with E-state index in [1.54, 1.807) is 0 Å². The predicted octanol–water partition coefficient (Wildman–Crippen LogP) is 3.75. The van der Waals surface area contributed by atoms with Crippen molar-refractivity contribution in [3.05, 3.63) is 42.0 Å². The Kier molecular flexibility index (Phi) is 3.09. The highest BCUT2D eigenvalue weighted by Crippen LogP contribution is 2.14. The fourth-order valence-electron chi connectivity index (χ4n) is 1.30. The van der Waals surface area contributed by atoms with Crippen molar-refractivity contribution in [1.29, 1.82) is 0 Å². The van der Waals surface area contributed by atoms with Crippen molar-refractivity contribution >= 4 is 5.57 Å². The lowest BCUT2D eigenvalue weighted by Crippen LogP contribution is -1.83. The molecule has 0 aliphatic carbocycles. The Balaban J connectivity index is 2.85. The lowest BCUT2D eigenvalue weighted by molar-refractivity contribution is 0.833.